The first-order chi connectivity index (χ1) is 27.8. The molecule has 0 radical (unpaired) electrons. The van der Waals surface area contributed by atoms with Crippen LogP contribution in [-0.2, 0) is 5.41 Å². The van der Waals surface area contributed by atoms with Crippen LogP contribution in [0.2, 0.25) is 0 Å². The van der Waals surface area contributed by atoms with E-state index in [9.17, 15) is 0 Å². The van der Waals surface area contributed by atoms with Gasteiger partial charge in [-0.1, -0.05) is 200 Å². The molecule has 3 nitrogen and oxygen atoms in total. The fourth-order valence-electron chi connectivity index (χ4n) is 8.82. The molecule has 262 valence electrons. The van der Waals surface area contributed by atoms with Crippen LogP contribution in [0.3, 0.4) is 0 Å². The molecular weight excluding hydrogens is 699 g/mol. The van der Waals surface area contributed by atoms with E-state index in [0.717, 1.165) is 33.4 Å². The standard InChI is InChI=1S/C52H33N3S/c1-3-17-34(18-4-1)38-23-7-8-26-42(38)51-54-49(35-19-5-2-6-20-35)53-50(55-51)37-22-15-21-36(33-37)39-27-16-31-46-48(39)56-47-32-14-13-30-45(47)52(46)43-28-11-9-24-40(43)41-25-10-12-29-44(41)52/h1-33H. The summed E-state index contributed by atoms with van der Waals surface area (Å²) in [7, 11) is 0. The summed E-state index contributed by atoms with van der Waals surface area (Å²) in [6.07, 6.45) is 0. The van der Waals surface area contributed by atoms with Gasteiger partial charge in [0, 0.05) is 26.5 Å². The number of aromatic nitrogens is 3. The van der Waals surface area contributed by atoms with E-state index in [1.165, 1.54) is 48.7 Å². The minimum absolute atomic E-state index is 0.433. The van der Waals surface area contributed by atoms with Crippen molar-refractivity contribution in [1.82, 2.24) is 15.0 Å². The number of fused-ring (bicyclic) bond motifs is 9. The van der Waals surface area contributed by atoms with E-state index in [0.29, 0.717) is 17.5 Å². The van der Waals surface area contributed by atoms with Crippen molar-refractivity contribution < 1.29 is 0 Å². The van der Waals surface area contributed by atoms with Gasteiger partial charge >= 0.3 is 0 Å². The van der Waals surface area contributed by atoms with Gasteiger partial charge in [0.1, 0.15) is 0 Å². The highest BCUT2D eigenvalue weighted by Gasteiger charge is 2.50. The molecule has 0 unspecified atom stereocenters. The molecule has 0 amide bonds. The first-order valence-corrected chi connectivity index (χ1v) is 19.8. The molecule has 0 fully saturated rings. The lowest BCUT2D eigenvalue weighted by atomic mass is 9.67. The Labute approximate surface area is 330 Å². The average molecular weight is 732 g/mol. The van der Waals surface area contributed by atoms with Crippen LogP contribution < -0.4 is 0 Å². The molecule has 11 rings (SSSR count). The second kappa shape index (κ2) is 13.2. The van der Waals surface area contributed by atoms with Crippen molar-refractivity contribution in [3.63, 3.8) is 0 Å². The van der Waals surface area contributed by atoms with Crippen molar-refractivity contribution in [1.29, 1.82) is 0 Å². The van der Waals surface area contributed by atoms with Gasteiger partial charge < -0.3 is 0 Å². The minimum atomic E-state index is -0.433. The molecule has 0 N–H and O–H groups in total. The summed E-state index contributed by atoms with van der Waals surface area (Å²) in [5.74, 6) is 1.92. The maximum atomic E-state index is 5.22. The Kier molecular flexibility index (Phi) is 7.64. The smallest absolute Gasteiger partial charge is 0.164 e. The highest BCUT2D eigenvalue weighted by atomic mass is 32.2. The van der Waals surface area contributed by atoms with Crippen LogP contribution in [-0.4, -0.2) is 15.0 Å². The van der Waals surface area contributed by atoms with E-state index < -0.39 is 5.41 Å². The van der Waals surface area contributed by atoms with Gasteiger partial charge in [0.05, 0.1) is 5.41 Å². The molecule has 56 heavy (non-hydrogen) atoms. The van der Waals surface area contributed by atoms with Crippen molar-refractivity contribution in [2.45, 2.75) is 15.2 Å². The minimum Gasteiger partial charge on any atom is -0.208 e. The van der Waals surface area contributed by atoms with Gasteiger partial charge in [-0.05, 0) is 67.8 Å². The van der Waals surface area contributed by atoms with Crippen molar-refractivity contribution in [2.24, 2.45) is 0 Å². The zero-order chi connectivity index (χ0) is 37.1. The highest BCUT2D eigenvalue weighted by Crippen LogP contribution is 2.63. The summed E-state index contributed by atoms with van der Waals surface area (Å²) in [6.45, 7) is 0. The number of rotatable bonds is 5. The zero-order valence-electron chi connectivity index (χ0n) is 30.3. The lowest BCUT2D eigenvalue weighted by Crippen LogP contribution is -2.32. The normalized spacial score (nSPS) is 13.1. The third kappa shape index (κ3) is 5.03. The lowest BCUT2D eigenvalue weighted by molar-refractivity contribution is 0.723. The SMILES string of the molecule is c1ccc(-c2nc(-c3cccc(-c4cccc5c4Sc4ccccc4C54c5ccccc5-c5ccccc54)c3)nc(-c3ccccc3-c3ccccc3)n2)cc1. The second-order valence-corrected chi connectivity index (χ2v) is 15.3. The van der Waals surface area contributed by atoms with Crippen LogP contribution in [0.4, 0.5) is 0 Å². The molecular formula is C52H33N3S. The maximum absolute atomic E-state index is 5.22. The molecule has 1 aromatic heterocycles. The molecule has 0 bridgehead atoms. The van der Waals surface area contributed by atoms with Gasteiger partial charge in [0.25, 0.3) is 0 Å². The summed E-state index contributed by atoms with van der Waals surface area (Å²) < 4.78 is 0. The number of hydrogen-bond donors (Lipinski definition) is 0. The number of nitrogens with zero attached hydrogens (tertiary/aromatic N) is 3. The van der Waals surface area contributed by atoms with E-state index in [1.54, 1.807) is 0 Å². The molecule has 1 spiro atoms. The van der Waals surface area contributed by atoms with E-state index in [2.05, 4.69) is 176 Å². The van der Waals surface area contributed by atoms with Crippen LogP contribution in [0.25, 0.3) is 67.5 Å². The molecule has 0 saturated carbocycles. The molecule has 9 aromatic rings. The van der Waals surface area contributed by atoms with Crippen molar-refractivity contribution >= 4 is 11.8 Å². The van der Waals surface area contributed by atoms with E-state index in [4.69, 9.17) is 15.0 Å². The second-order valence-electron chi connectivity index (χ2n) is 14.3. The maximum Gasteiger partial charge on any atom is 0.164 e. The van der Waals surface area contributed by atoms with Gasteiger partial charge in [-0.15, -0.1) is 0 Å². The fraction of sp³-hybridized carbons (Fsp3) is 0.0192. The van der Waals surface area contributed by atoms with Gasteiger partial charge in [-0.25, -0.2) is 15.0 Å². The molecule has 2 heterocycles. The highest BCUT2D eigenvalue weighted by molar-refractivity contribution is 7.99. The summed E-state index contributed by atoms with van der Waals surface area (Å²) in [5, 5.41) is 0. The Bertz CT molecular complexity index is 2910. The van der Waals surface area contributed by atoms with Crippen molar-refractivity contribution in [2.75, 3.05) is 0 Å². The number of benzene rings is 8. The van der Waals surface area contributed by atoms with Gasteiger partial charge in [0.15, 0.2) is 17.5 Å². The molecule has 2 aliphatic rings. The molecule has 0 atom stereocenters. The van der Waals surface area contributed by atoms with E-state index in [-0.39, 0.29) is 0 Å². The molecule has 4 heteroatoms. The van der Waals surface area contributed by atoms with Gasteiger partial charge in [-0.2, -0.15) is 0 Å². The van der Waals surface area contributed by atoms with E-state index in [1.807, 2.05) is 36.0 Å². The van der Waals surface area contributed by atoms with Crippen LogP contribution in [0.15, 0.2) is 210 Å². The summed E-state index contributed by atoms with van der Waals surface area (Å²) in [4.78, 5) is 18.0. The van der Waals surface area contributed by atoms with Crippen molar-refractivity contribution in [3.05, 3.63) is 222 Å². The van der Waals surface area contributed by atoms with E-state index >= 15 is 0 Å². The molecule has 1 aliphatic heterocycles. The summed E-state index contributed by atoms with van der Waals surface area (Å²) in [6, 6.07) is 71.4. The third-order valence-corrected chi connectivity index (χ3v) is 12.4. The fourth-order valence-corrected chi connectivity index (χ4v) is 10.1. The van der Waals surface area contributed by atoms with Crippen LogP contribution in [0.1, 0.15) is 22.3 Å². The van der Waals surface area contributed by atoms with Crippen LogP contribution in [0, 0.1) is 0 Å². The number of hydrogen-bond acceptors (Lipinski definition) is 4. The first kappa shape index (κ1) is 32.5. The monoisotopic (exact) mass is 731 g/mol. The van der Waals surface area contributed by atoms with Crippen LogP contribution in [0.5, 0.6) is 0 Å². The predicted octanol–water partition coefficient (Wildman–Crippen LogP) is 13.0. The van der Waals surface area contributed by atoms with Crippen LogP contribution >= 0.6 is 11.8 Å². The Morgan fingerprint density at radius 1 is 0.304 bits per heavy atom. The Hall–Kier alpha value is -6.88. The first-order valence-electron chi connectivity index (χ1n) is 18.9. The average Bonchev–Trinajstić information content (AvgIpc) is 3.57. The largest absolute Gasteiger partial charge is 0.208 e. The lowest BCUT2D eigenvalue weighted by Gasteiger charge is -2.40. The molecule has 8 aromatic carbocycles. The predicted molar refractivity (Wildman–Crippen MR) is 228 cm³/mol. The summed E-state index contributed by atoms with van der Waals surface area (Å²) >= 11 is 1.87. The Morgan fingerprint density at radius 2 is 0.768 bits per heavy atom. The molecule has 0 saturated heterocycles. The van der Waals surface area contributed by atoms with Gasteiger partial charge in [-0.3, -0.25) is 0 Å². The summed E-state index contributed by atoms with van der Waals surface area (Å²) in [5.41, 5.74) is 14.8. The Balaban J connectivity index is 1.10. The third-order valence-electron chi connectivity index (χ3n) is 11.2. The quantitative estimate of drug-likeness (QED) is 0.177. The van der Waals surface area contributed by atoms with Crippen molar-refractivity contribution in [3.8, 4) is 67.5 Å². The topological polar surface area (TPSA) is 38.7 Å². The Morgan fingerprint density at radius 3 is 1.48 bits per heavy atom. The zero-order valence-corrected chi connectivity index (χ0v) is 31.1. The molecule has 1 aliphatic carbocycles. The van der Waals surface area contributed by atoms with Gasteiger partial charge in [0.2, 0.25) is 0 Å².